The van der Waals surface area contributed by atoms with Gasteiger partial charge < -0.3 is 9.47 Å². The molecule has 1 aromatic heterocycles. The molecule has 1 unspecified atom stereocenters. The van der Waals surface area contributed by atoms with Gasteiger partial charge in [0.15, 0.2) is 0 Å². The van der Waals surface area contributed by atoms with E-state index in [9.17, 15) is 4.79 Å². The number of carbonyl (C=O) groups is 1. The minimum atomic E-state index is 0.166. The first-order chi connectivity index (χ1) is 12.7. The van der Waals surface area contributed by atoms with E-state index in [2.05, 4.69) is 72.8 Å². The van der Waals surface area contributed by atoms with E-state index in [0.29, 0.717) is 12.5 Å². The van der Waals surface area contributed by atoms with Crippen LogP contribution < -0.4 is 0 Å². The van der Waals surface area contributed by atoms with E-state index in [1.165, 1.54) is 11.3 Å². The molecule has 0 aliphatic heterocycles. The Morgan fingerprint density at radius 3 is 2.46 bits per heavy atom. The van der Waals surface area contributed by atoms with Crippen molar-refractivity contribution >= 4 is 5.91 Å². The molecule has 1 atom stereocenters. The maximum atomic E-state index is 13.1. The molecule has 1 amide bonds. The fourth-order valence-corrected chi connectivity index (χ4v) is 3.47. The van der Waals surface area contributed by atoms with Gasteiger partial charge in [0.2, 0.25) is 5.91 Å². The summed E-state index contributed by atoms with van der Waals surface area (Å²) >= 11 is 0. The summed E-state index contributed by atoms with van der Waals surface area (Å²) in [4.78, 5) is 15.2. The fourth-order valence-electron chi connectivity index (χ4n) is 3.47. The first-order valence-corrected chi connectivity index (χ1v) is 10.2. The Morgan fingerprint density at radius 1 is 1.04 bits per heavy atom. The van der Waals surface area contributed by atoms with Crippen LogP contribution in [-0.4, -0.2) is 21.9 Å². The van der Waals surface area contributed by atoms with E-state index < -0.39 is 0 Å². The van der Waals surface area contributed by atoms with Gasteiger partial charge >= 0.3 is 0 Å². The zero-order valence-electron chi connectivity index (χ0n) is 16.7. The summed E-state index contributed by atoms with van der Waals surface area (Å²) in [6, 6.07) is 14.7. The Balaban J connectivity index is 2.10. The molecule has 3 nitrogen and oxygen atoms in total. The second-order valence-electron chi connectivity index (χ2n) is 7.12. The molecule has 0 N–H and O–H groups in total. The summed E-state index contributed by atoms with van der Waals surface area (Å²) in [5, 5.41) is 0. The lowest BCUT2D eigenvalue weighted by atomic mass is 9.97. The number of unbranched alkanes of at least 4 members (excludes halogenated alkanes) is 1. The molecule has 0 bridgehead atoms. The quantitative estimate of drug-likeness (QED) is 0.524. The molecule has 1 heterocycles. The van der Waals surface area contributed by atoms with Crippen molar-refractivity contribution in [2.75, 3.05) is 6.54 Å². The molecule has 0 saturated heterocycles. The lowest BCUT2D eigenvalue weighted by Gasteiger charge is -2.27. The van der Waals surface area contributed by atoms with Gasteiger partial charge in [0.25, 0.3) is 0 Å². The average Bonchev–Trinajstić information content (AvgIpc) is 3.09. The highest BCUT2D eigenvalue weighted by molar-refractivity contribution is 5.78. The van der Waals surface area contributed by atoms with Gasteiger partial charge in [-0.15, -0.1) is 0 Å². The van der Waals surface area contributed by atoms with Crippen molar-refractivity contribution in [1.29, 1.82) is 0 Å². The minimum Gasteiger partial charge on any atom is -0.345 e. The number of rotatable bonds is 11. The van der Waals surface area contributed by atoms with Gasteiger partial charge in [0.1, 0.15) is 0 Å². The fraction of sp³-hybridized carbons (Fsp3) is 0.522. The van der Waals surface area contributed by atoms with Crippen molar-refractivity contribution in [3.8, 4) is 0 Å². The Morgan fingerprint density at radius 2 is 1.81 bits per heavy atom. The molecule has 0 radical (unpaired) electrons. The lowest BCUT2D eigenvalue weighted by Crippen LogP contribution is -2.36. The van der Waals surface area contributed by atoms with Crippen LogP contribution in [0.4, 0.5) is 0 Å². The largest absolute Gasteiger partial charge is 0.345 e. The van der Waals surface area contributed by atoms with Crippen LogP contribution in [0.25, 0.3) is 0 Å². The van der Waals surface area contributed by atoms with Gasteiger partial charge in [-0.2, -0.15) is 0 Å². The van der Waals surface area contributed by atoms with Crippen LogP contribution in [0.15, 0.2) is 48.7 Å². The monoisotopic (exact) mass is 354 g/mol. The molecule has 2 aromatic rings. The van der Waals surface area contributed by atoms with Crippen LogP contribution in [-0.2, 0) is 17.9 Å². The zero-order chi connectivity index (χ0) is 18.8. The Kier molecular flexibility index (Phi) is 8.46. The smallest absolute Gasteiger partial charge is 0.226 e. The highest BCUT2D eigenvalue weighted by Gasteiger charge is 2.22. The molecule has 0 spiro atoms. The van der Waals surface area contributed by atoms with E-state index in [4.69, 9.17) is 0 Å². The van der Waals surface area contributed by atoms with Crippen molar-refractivity contribution in [1.82, 2.24) is 9.47 Å². The standard InChI is InChI=1S/C23H34N2O/c1-4-7-14-21(6-3)23(26)25(16-5-2)19-22-15-11-17-24(22)18-20-12-9-8-10-13-20/h8-13,15,17,21H,4-7,14,16,18-19H2,1-3H3. The number of hydrogen-bond donors (Lipinski definition) is 0. The van der Waals surface area contributed by atoms with Crippen LogP contribution in [0.2, 0.25) is 0 Å². The van der Waals surface area contributed by atoms with Crippen molar-refractivity contribution in [3.63, 3.8) is 0 Å². The molecular formula is C23H34N2O. The second kappa shape index (κ2) is 10.8. The minimum absolute atomic E-state index is 0.166. The Hall–Kier alpha value is -2.03. The predicted molar refractivity (Wildman–Crippen MR) is 109 cm³/mol. The summed E-state index contributed by atoms with van der Waals surface area (Å²) in [6.07, 6.45) is 7.34. The van der Waals surface area contributed by atoms with Gasteiger partial charge in [-0.05, 0) is 37.0 Å². The van der Waals surface area contributed by atoms with Crippen LogP contribution in [0.3, 0.4) is 0 Å². The third-order valence-corrected chi connectivity index (χ3v) is 5.03. The lowest BCUT2D eigenvalue weighted by molar-refractivity contribution is -0.136. The van der Waals surface area contributed by atoms with E-state index >= 15 is 0 Å². The van der Waals surface area contributed by atoms with Gasteiger partial charge in [-0.3, -0.25) is 4.79 Å². The van der Waals surface area contributed by atoms with Gasteiger partial charge in [0, 0.05) is 30.9 Å². The first kappa shape index (κ1) is 20.3. The number of nitrogens with zero attached hydrogens (tertiary/aromatic N) is 2. The predicted octanol–water partition coefficient (Wildman–Crippen LogP) is 5.49. The molecule has 0 saturated carbocycles. The zero-order valence-corrected chi connectivity index (χ0v) is 16.7. The number of carbonyl (C=O) groups excluding carboxylic acids is 1. The number of benzene rings is 1. The van der Waals surface area contributed by atoms with Crippen LogP contribution in [0, 0.1) is 5.92 Å². The maximum Gasteiger partial charge on any atom is 0.226 e. The Bertz CT molecular complexity index is 647. The summed E-state index contributed by atoms with van der Waals surface area (Å²) in [5.74, 6) is 0.495. The molecule has 1 aromatic carbocycles. The van der Waals surface area contributed by atoms with E-state index in [-0.39, 0.29) is 5.92 Å². The van der Waals surface area contributed by atoms with Crippen molar-refractivity contribution in [2.45, 2.75) is 66.0 Å². The molecule has 0 aliphatic rings. The molecule has 26 heavy (non-hydrogen) atoms. The molecule has 142 valence electrons. The van der Waals surface area contributed by atoms with E-state index in [0.717, 1.165) is 45.2 Å². The van der Waals surface area contributed by atoms with Crippen molar-refractivity contribution in [2.24, 2.45) is 5.92 Å². The van der Waals surface area contributed by atoms with Gasteiger partial charge in [-0.1, -0.05) is 63.9 Å². The molecule has 3 heteroatoms. The summed E-state index contributed by atoms with van der Waals surface area (Å²) in [6.45, 7) is 8.87. The normalized spacial score (nSPS) is 12.1. The highest BCUT2D eigenvalue weighted by atomic mass is 16.2. The summed E-state index contributed by atoms with van der Waals surface area (Å²) < 4.78 is 2.26. The van der Waals surface area contributed by atoms with Crippen LogP contribution in [0.5, 0.6) is 0 Å². The average molecular weight is 355 g/mol. The van der Waals surface area contributed by atoms with Crippen molar-refractivity contribution < 1.29 is 4.79 Å². The molecule has 0 aliphatic carbocycles. The first-order valence-electron chi connectivity index (χ1n) is 10.2. The van der Waals surface area contributed by atoms with Crippen molar-refractivity contribution in [3.05, 3.63) is 59.9 Å². The van der Waals surface area contributed by atoms with Crippen LogP contribution >= 0.6 is 0 Å². The van der Waals surface area contributed by atoms with E-state index in [1.807, 2.05) is 6.07 Å². The molecular weight excluding hydrogens is 320 g/mol. The third-order valence-electron chi connectivity index (χ3n) is 5.03. The van der Waals surface area contributed by atoms with Crippen LogP contribution in [0.1, 0.15) is 64.1 Å². The number of amides is 1. The topological polar surface area (TPSA) is 25.2 Å². The second-order valence-corrected chi connectivity index (χ2v) is 7.12. The molecule has 0 fully saturated rings. The SMILES string of the molecule is CCCCC(CC)C(=O)N(CCC)Cc1cccn1Cc1ccccc1. The summed E-state index contributed by atoms with van der Waals surface area (Å²) in [5.41, 5.74) is 2.49. The third kappa shape index (κ3) is 5.76. The maximum absolute atomic E-state index is 13.1. The highest BCUT2D eigenvalue weighted by Crippen LogP contribution is 2.19. The van der Waals surface area contributed by atoms with Gasteiger partial charge in [-0.25, -0.2) is 0 Å². The van der Waals surface area contributed by atoms with E-state index in [1.54, 1.807) is 0 Å². The van der Waals surface area contributed by atoms with Gasteiger partial charge in [0.05, 0.1) is 6.54 Å². The summed E-state index contributed by atoms with van der Waals surface area (Å²) in [7, 11) is 0. The Labute approximate surface area is 159 Å². The number of aromatic nitrogens is 1. The number of hydrogen-bond acceptors (Lipinski definition) is 1. The molecule has 2 rings (SSSR count).